The SMILES string of the molecule is Nc1ccc(C(=O)CCCl)cc1S. The molecule has 0 bridgehead atoms. The van der Waals surface area contributed by atoms with Crippen LogP contribution in [-0.2, 0) is 0 Å². The number of hydrogen-bond donors (Lipinski definition) is 2. The zero-order valence-electron chi connectivity index (χ0n) is 6.96. The van der Waals surface area contributed by atoms with Crippen molar-refractivity contribution in [2.45, 2.75) is 11.3 Å². The van der Waals surface area contributed by atoms with Crippen LogP contribution in [0.2, 0.25) is 0 Å². The van der Waals surface area contributed by atoms with Gasteiger partial charge in [-0.1, -0.05) is 0 Å². The van der Waals surface area contributed by atoms with Crippen molar-refractivity contribution in [3.05, 3.63) is 23.8 Å². The van der Waals surface area contributed by atoms with E-state index in [0.29, 0.717) is 28.4 Å². The van der Waals surface area contributed by atoms with Gasteiger partial charge in [-0.2, -0.15) is 0 Å². The Labute approximate surface area is 87.5 Å². The first-order valence-electron chi connectivity index (χ1n) is 3.83. The third kappa shape index (κ3) is 2.64. The predicted molar refractivity (Wildman–Crippen MR) is 57.8 cm³/mol. The molecule has 0 atom stereocenters. The number of benzene rings is 1. The number of carbonyl (C=O) groups excluding carboxylic acids is 1. The molecule has 0 aliphatic rings. The second-order valence-corrected chi connectivity index (χ2v) is 3.50. The highest BCUT2D eigenvalue weighted by atomic mass is 35.5. The van der Waals surface area contributed by atoms with Crippen molar-refractivity contribution < 1.29 is 4.79 Å². The number of nitrogen functional groups attached to an aromatic ring is 1. The Morgan fingerprint density at radius 1 is 1.54 bits per heavy atom. The minimum Gasteiger partial charge on any atom is -0.398 e. The minimum atomic E-state index is 0.0188. The van der Waals surface area contributed by atoms with Gasteiger partial charge in [-0.05, 0) is 18.2 Å². The Morgan fingerprint density at radius 2 is 2.23 bits per heavy atom. The molecular weight excluding hydrogens is 206 g/mol. The number of ketones is 1. The quantitative estimate of drug-likeness (QED) is 0.352. The lowest BCUT2D eigenvalue weighted by Crippen LogP contribution is -2.00. The summed E-state index contributed by atoms with van der Waals surface area (Å²) in [6.45, 7) is 0. The highest BCUT2D eigenvalue weighted by Crippen LogP contribution is 2.18. The third-order valence-corrected chi connectivity index (χ3v) is 2.25. The summed E-state index contributed by atoms with van der Waals surface area (Å²) in [6, 6.07) is 5.01. The second-order valence-electron chi connectivity index (χ2n) is 2.64. The molecule has 0 aliphatic heterocycles. The zero-order valence-corrected chi connectivity index (χ0v) is 8.61. The van der Waals surface area contributed by atoms with Crippen LogP contribution < -0.4 is 5.73 Å². The molecule has 2 N–H and O–H groups in total. The Hall–Kier alpha value is -0.670. The molecule has 0 radical (unpaired) electrons. The van der Waals surface area contributed by atoms with Crippen LogP contribution in [0.4, 0.5) is 5.69 Å². The first-order chi connectivity index (χ1) is 6.15. The van der Waals surface area contributed by atoms with E-state index in [9.17, 15) is 4.79 Å². The monoisotopic (exact) mass is 215 g/mol. The molecule has 0 aromatic heterocycles. The van der Waals surface area contributed by atoms with E-state index in [-0.39, 0.29) is 5.78 Å². The van der Waals surface area contributed by atoms with E-state index in [1.165, 1.54) is 0 Å². The van der Waals surface area contributed by atoms with E-state index in [2.05, 4.69) is 12.6 Å². The summed E-state index contributed by atoms with van der Waals surface area (Å²) >= 11 is 9.57. The Morgan fingerprint density at radius 3 is 2.77 bits per heavy atom. The average molecular weight is 216 g/mol. The Bertz CT molecular complexity index is 327. The van der Waals surface area contributed by atoms with E-state index >= 15 is 0 Å². The minimum absolute atomic E-state index is 0.0188. The van der Waals surface area contributed by atoms with Crippen molar-refractivity contribution in [2.75, 3.05) is 11.6 Å². The van der Waals surface area contributed by atoms with Gasteiger partial charge in [0.1, 0.15) is 0 Å². The maximum Gasteiger partial charge on any atom is 0.164 e. The molecule has 0 amide bonds. The fraction of sp³-hybridized carbons (Fsp3) is 0.222. The number of Topliss-reactive ketones (excluding diaryl/α,β-unsaturated/α-hetero) is 1. The van der Waals surface area contributed by atoms with E-state index in [0.717, 1.165) is 0 Å². The largest absolute Gasteiger partial charge is 0.398 e. The number of anilines is 1. The van der Waals surface area contributed by atoms with Crippen molar-refractivity contribution in [1.29, 1.82) is 0 Å². The lowest BCUT2D eigenvalue weighted by molar-refractivity contribution is 0.0989. The first kappa shape index (κ1) is 10.4. The smallest absolute Gasteiger partial charge is 0.164 e. The zero-order chi connectivity index (χ0) is 9.84. The molecule has 0 spiro atoms. The lowest BCUT2D eigenvalue weighted by atomic mass is 10.1. The summed E-state index contributed by atoms with van der Waals surface area (Å²) in [7, 11) is 0. The van der Waals surface area contributed by atoms with Crippen LogP contribution in [0.1, 0.15) is 16.8 Å². The van der Waals surface area contributed by atoms with E-state index in [4.69, 9.17) is 17.3 Å². The van der Waals surface area contributed by atoms with Gasteiger partial charge in [-0.3, -0.25) is 4.79 Å². The highest BCUT2D eigenvalue weighted by Gasteiger charge is 2.05. The lowest BCUT2D eigenvalue weighted by Gasteiger charge is -2.02. The first-order valence-corrected chi connectivity index (χ1v) is 4.81. The van der Waals surface area contributed by atoms with Crippen LogP contribution in [-0.4, -0.2) is 11.7 Å². The molecule has 0 saturated heterocycles. The van der Waals surface area contributed by atoms with Crippen LogP contribution in [0.25, 0.3) is 0 Å². The number of alkyl halides is 1. The molecule has 13 heavy (non-hydrogen) atoms. The molecule has 70 valence electrons. The van der Waals surface area contributed by atoms with Crippen molar-refractivity contribution >= 4 is 35.7 Å². The van der Waals surface area contributed by atoms with Crippen molar-refractivity contribution in [2.24, 2.45) is 0 Å². The molecular formula is C9H10ClNOS. The van der Waals surface area contributed by atoms with Gasteiger partial charge < -0.3 is 5.73 Å². The van der Waals surface area contributed by atoms with Crippen LogP contribution in [0.15, 0.2) is 23.1 Å². The molecule has 4 heteroatoms. The number of carbonyl (C=O) groups is 1. The summed E-state index contributed by atoms with van der Waals surface area (Å²) in [5.74, 6) is 0.357. The van der Waals surface area contributed by atoms with Crippen LogP contribution in [0.5, 0.6) is 0 Å². The van der Waals surface area contributed by atoms with Gasteiger partial charge in [0, 0.05) is 28.4 Å². The molecule has 2 nitrogen and oxygen atoms in total. The van der Waals surface area contributed by atoms with Gasteiger partial charge in [-0.15, -0.1) is 24.2 Å². The van der Waals surface area contributed by atoms with Gasteiger partial charge in [0.05, 0.1) is 0 Å². The molecule has 1 rings (SSSR count). The van der Waals surface area contributed by atoms with Gasteiger partial charge in [-0.25, -0.2) is 0 Å². The Kier molecular flexibility index (Phi) is 3.63. The van der Waals surface area contributed by atoms with Gasteiger partial charge in [0.25, 0.3) is 0 Å². The van der Waals surface area contributed by atoms with Crippen LogP contribution in [0.3, 0.4) is 0 Å². The van der Waals surface area contributed by atoms with E-state index in [1.807, 2.05) is 0 Å². The number of halogens is 1. The molecule has 0 fully saturated rings. The fourth-order valence-corrected chi connectivity index (χ4v) is 1.33. The van der Waals surface area contributed by atoms with Crippen molar-refractivity contribution in [3.8, 4) is 0 Å². The molecule has 0 saturated carbocycles. The van der Waals surface area contributed by atoms with Gasteiger partial charge >= 0.3 is 0 Å². The summed E-state index contributed by atoms with van der Waals surface area (Å²) in [5, 5.41) is 0. The maximum atomic E-state index is 11.3. The number of rotatable bonds is 3. The molecule has 0 heterocycles. The standard InChI is InChI=1S/C9H10ClNOS/c10-4-3-8(12)6-1-2-7(11)9(13)5-6/h1-2,5,13H,3-4,11H2. The van der Waals surface area contributed by atoms with Crippen molar-refractivity contribution in [3.63, 3.8) is 0 Å². The number of thiol groups is 1. The third-order valence-electron chi connectivity index (χ3n) is 1.67. The highest BCUT2D eigenvalue weighted by molar-refractivity contribution is 7.80. The van der Waals surface area contributed by atoms with E-state index < -0.39 is 0 Å². The topological polar surface area (TPSA) is 43.1 Å². The molecule has 1 aromatic carbocycles. The predicted octanol–water partition coefficient (Wildman–Crippen LogP) is 2.37. The summed E-state index contributed by atoms with van der Waals surface area (Å²) < 4.78 is 0. The molecule has 0 unspecified atom stereocenters. The van der Waals surface area contributed by atoms with Crippen LogP contribution >= 0.6 is 24.2 Å². The maximum absolute atomic E-state index is 11.3. The van der Waals surface area contributed by atoms with Gasteiger partial charge in [0.15, 0.2) is 5.78 Å². The average Bonchev–Trinajstić information content (AvgIpc) is 2.10. The number of nitrogens with two attached hydrogens (primary N) is 1. The van der Waals surface area contributed by atoms with Gasteiger partial charge in [0.2, 0.25) is 0 Å². The summed E-state index contributed by atoms with van der Waals surface area (Å²) in [6.07, 6.45) is 0.346. The number of hydrogen-bond acceptors (Lipinski definition) is 3. The second kappa shape index (κ2) is 4.53. The van der Waals surface area contributed by atoms with Crippen molar-refractivity contribution in [1.82, 2.24) is 0 Å². The fourth-order valence-electron chi connectivity index (χ4n) is 0.947. The molecule has 1 aromatic rings. The Balaban J connectivity index is 2.90. The summed E-state index contributed by atoms with van der Waals surface area (Å²) in [5.41, 5.74) is 6.73. The van der Waals surface area contributed by atoms with E-state index in [1.54, 1.807) is 18.2 Å². The summed E-state index contributed by atoms with van der Waals surface area (Å²) in [4.78, 5) is 12.0. The van der Waals surface area contributed by atoms with Crippen LogP contribution in [0, 0.1) is 0 Å². The normalized spacial score (nSPS) is 10.0. The molecule has 0 aliphatic carbocycles.